The maximum absolute atomic E-state index is 12.2. The van der Waals surface area contributed by atoms with E-state index in [-0.39, 0.29) is 10.6 Å². The number of primary amides is 1. The van der Waals surface area contributed by atoms with E-state index in [1.165, 1.54) is 12.2 Å². The summed E-state index contributed by atoms with van der Waals surface area (Å²) in [7, 11) is 0. The third-order valence-electron chi connectivity index (χ3n) is 1.72. The van der Waals surface area contributed by atoms with E-state index >= 15 is 0 Å². The average Bonchev–Trinajstić information content (AvgIpc) is 2.11. The van der Waals surface area contributed by atoms with Crippen molar-refractivity contribution in [1.82, 2.24) is 0 Å². The van der Waals surface area contributed by atoms with Gasteiger partial charge in [-0.1, -0.05) is 37.3 Å². The van der Waals surface area contributed by atoms with E-state index in [2.05, 4.69) is 6.58 Å². The number of hydrogen-bond donors (Lipinski definition) is 1. The molecule has 0 heterocycles. The lowest BCUT2D eigenvalue weighted by molar-refractivity contribution is -0.156. The lowest BCUT2D eigenvalue weighted by Crippen LogP contribution is -2.21. The van der Waals surface area contributed by atoms with E-state index in [1.807, 2.05) is 0 Å². The summed E-state index contributed by atoms with van der Waals surface area (Å²) in [5, 5.41) is -0.168. The van der Waals surface area contributed by atoms with Crippen LogP contribution in [0.15, 0.2) is 35.4 Å². The van der Waals surface area contributed by atoms with Crippen LogP contribution >= 0.6 is 11.6 Å². The van der Waals surface area contributed by atoms with Crippen LogP contribution < -0.4 is 5.73 Å². The zero-order chi connectivity index (χ0) is 12.9. The van der Waals surface area contributed by atoms with E-state index in [0.717, 1.165) is 6.92 Å². The highest BCUT2D eigenvalue weighted by Crippen LogP contribution is 2.29. The van der Waals surface area contributed by atoms with Crippen molar-refractivity contribution in [2.45, 2.75) is 13.1 Å². The zero-order valence-corrected chi connectivity index (χ0v) is 9.27. The Morgan fingerprint density at radius 2 is 2.00 bits per heavy atom. The van der Waals surface area contributed by atoms with Crippen molar-refractivity contribution in [3.63, 3.8) is 0 Å². The summed E-state index contributed by atoms with van der Waals surface area (Å²) >= 11 is 5.59. The Labute approximate surface area is 96.3 Å². The van der Waals surface area contributed by atoms with Crippen molar-refractivity contribution in [2.75, 3.05) is 0 Å². The zero-order valence-electron chi connectivity index (χ0n) is 8.51. The molecular weight excluding hydrogens is 243 g/mol. The standard InChI is InChI=1S/C10H11ClF3NO/c1-3-4-8(11)7(9(15)16)5-6(2)10(12,13)14/h3-6H,1H2,2H3,(H2,15,16)/b7-5+,8-4+. The first-order valence-electron chi connectivity index (χ1n) is 4.27. The quantitative estimate of drug-likeness (QED) is 0.608. The van der Waals surface area contributed by atoms with Gasteiger partial charge in [0.05, 0.1) is 16.5 Å². The number of hydrogen-bond acceptors (Lipinski definition) is 1. The second-order valence-electron chi connectivity index (χ2n) is 3.03. The minimum Gasteiger partial charge on any atom is -0.366 e. The molecule has 1 unspecified atom stereocenters. The van der Waals surface area contributed by atoms with Crippen LogP contribution in [-0.2, 0) is 4.79 Å². The number of allylic oxidation sites excluding steroid dienone is 3. The van der Waals surface area contributed by atoms with E-state index in [1.54, 1.807) is 0 Å². The number of amides is 1. The number of halogens is 4. The molecule has 16 heavy (non-hydrogen) atoms. The topological polar surface area (TPSA) is 43.1 Å². The van der Waals surface area contributed by atoms with Gasteiger partial charge in [0.1, 0.15) is 0 Å². The average molecular weight is 254 g/mol. The highest BCUT2D eigenvalue weighted by atomic mass is 35.5. The SMILES string of the molecule is C=C/C=C(Cl)\C(=C/C(C)C(F)(F)F)C(N)=O. The Bertz CT molecular complexity index is 344. The monoisotopic (exact) mass is 253 g/mol. The first-order valence-corrected chi connectivity index (χ1v) is 4.64. The Morgan fingerprint density at radius 3 is 2.31 bits per heavy atom. The Hall–Kier alpha value is -1.23. The molecule has 1 amide bonds. The Kier molecular flexibility index (Phi) is 5.30. The molecule has 90 valence electrons. The molecular formula is C10H11ClF3NO. The first kappa shape index (κ1) is 14.8. The highest BCUT2D eigenvalue weighted by Gasteiger charge is 2.35. The number of alkyl halides is 3. The van der Waals surface area contributed by atoms with Gasteiger partial charge in [-0.3, -0.25) is 4.79 Å². The largest absolute Gasteiger partial charge is 0.394 e. The Balaban J connectivity index is 5.23. The lowest BCUT2D eigenvalue weighted by atomic mass is 10.1. The van der Waals surface area contributed by atoms with Crippen LogP contribution in [0.2, 0.25) is 0 Å². The molecule has 0 aliphatic heterocycles. The number of rotatable bonds is 4. The predicted octanol–water partition coefficient (Wildman–Crippen LogP) is 2.91. The van der Waals surface area contributed by atoms with Gasteiger partial charge in [-0.25, -0.2) is 0 Å². The maximum atomic E-state index is 12.2. The fourth-order valence-corrected chi connectivity index (χ4v) is 1.06. The molecule has 0 aliphatic carbocycles. The van der Waals surface area contributed by atoms with Crippen molar-refractivity contribution in [3.05, 3.63) is 35.4 Å². The fraction of sp³-hybridized carbons (Fsp3) is 0.300. The van der Waals surface area contributed by atoms with Gasteiger partial charge in [-0.15, -0.1) is 0 Å². The van der Waals surface area contributed by atoms with Crippen LogP contribution in [0.25, 0.3) is 0 Å². The number of carbonyl (C=O) groups is 1. The van der Waals surface area contributed by atoms with Crippen molar-refractivity contribution < 1.29 is 18.0 Å². The van der Waals surface area contributed by atoms with Crippen molar-refractivity contribution in [1.29, 1.82) is 0 Å². The van der Waals surface area contributed by atoms with Crippen LogP contribution in [0.5, 0.6) is 0 Å². The second kappa shape index (κ2) is 5.75. The molecule has 0 radical (unpaired) electrons. The van der Waals surface area contributed by atoms with Gasteiger partial charge in [-0.2, -0.15) is 13.2 Å². The van der Waals surface area contributed by atoms with Gasteiger partial charge in [0.25, 0.3) is 0 Å². The van der Waals surface area contributed by atoms with E-state index in [4.69, 9.17) is 17.3 Å². The minimum atomic E-state index is -4.44. The van der Waals surface area contributed by atoms with Gasteiger partial charge < -0.3 is 5.73 Å². The van der Waals surface area contributed by atoms with E-state index in [0.29, 0.717) is 6.08 Å². The molecule has 2 N–H and O–H groups in total. The van der Waals surface area contributed by atoms with E-state index in [9.17, 15) is 18.0 Å². The molecule has 0 rings (SSSR count). The van der Waals surface area contributed by atoms with Gasteiger partial charge >= 0.3 is 6.18 Å². The van der Waals surface area contributed by atoms with Crippen LogP contribution in [-0.4, -0.2) is 12.1 Å². The summed E-state index contributed by atoms with van der Waals surface area (Å²) in [6, 6.07) is 0. The van der Waals surface area contributed by atoms with Crippen molar-refractivity contribution in [2.24, 2.45) is 11.7 Å². The smallest absolute Gasteiger partial charge is 0.366 e. The molecule has 1 atom stereocenters. The lowest BCUT2D eigenvalue weighted by Gasteiger charge is -2.12. The summed E-state index contributed by atoms with van der Waals surface area (Å²) < 4.78 is 36.7. The molecule has 0 aromatic rings. The van der Waals surface area contributed by atoms with Crippen molar-refractivity contribution in [3.8, 4) is 0 Å². The summed E-state index contributed by atoms with van der Waals surface area (Å²) in [6.07, 6.45) is -1.31. The summed E-state index contributed by atoms with van der Waals surface area (Å²) in [4.78, 5) is 10.9. The second-order valence-corrected chi connectivity index (χ2v) is 3.43. The third-order valence-corrected chi connectivity index (χ3v) is 2.05. The maximum Gasteiger partial charge on any atom is 0.394 e. The molecule has 0 fully saturated rings. The summed E-state index contributed by atoms with van der Waals surface area (Å²) in [5.74, 6) is -2.82. The molecule has 0 saturated heterocycles. The van der Waals surface area contributed by atoms with Crippen LogP contribution in [0.3, 0.4) is 0 Å². The van der Waals surface area contributed by atoms with Crippen LogP contribution in [0.1, 0.15) is 6.92 Å². The van der Waals surface area contributed by atoms with Crippen molar-refractivity contribution >= 4 is 17.5 Å². The molecule has 0 spiro atoms. The van der Waals surface area contributed by atoms with Gasteiger partial charge in [0, 0.05) is 0 Å². The Morgan fingerprint density at radius 1 is 1.50 bits per heavy atom. The number of carbonyl (C=O) groups excluding carboxylic acids is 1. The molecule has 6 heteroatoms. The van der Waals surface area contributed by atoms with Gasteiger partial charge in [-0.05, 0) is 6.08 Å². The van der Waals surface area contributed by atoms with Gasteiger partial charge in [0.15, 0.2) is 0 Å². The van der Waals surface area contributed by atoms with E-state index < -0.39 is 18.0 Å². The predicted molar refractivity (Wildman–Crippen MR) is 56.6 cm³/mol. The minimum absolute atomic E-state index is 0.168. The summed E-state index contributed by atoms with van der Waals surface area (Å²) in [5.41, 5.74) is 4.56. The normalized spacial score (nSPS) is 15.8. The fourth-order valence-electron chi connectivity index (χ4n) is 0.817. The molecule has 0 aromatic carbocycles. The first-order chi connectivity index (χ1) is 7.20. The molecule has 0 saturated carbocycles. The van der Waals surface area contributed by atoms with Crippen LogP contribution in [0, 0.1) is 5.92 Å². The molecule has 0 aliphatic rings. The highest BCUT2D eigenvalue weighted by molar-refractivity contribution is 6.35. The van der Waals surface area contributed by atoms with Gasteiger partial charge in [0.2, 0.25) is 5.91 Å². The van der Waals surface area contributed by atoms with Crippen LogP contribution in [0.4, 0.5) is 13.2 Å². The molecule has 2 nitrogen and oxygen atoms in total. The number of nitrogens with two attached hydrogens (primary N) is 1. The summed E-state index contributed by atoms with van der Waals surface area (Å²) in [6.45, 7) is 4.21. The molecule has 0 aromatic heterocycles. The third kappa shape index (κ3) is 4.53. The molecule has 0 bridgehead atoms.